The maximum absolute atomic E-state index is 12.6. The van der Waals surface area contributed by atoms with E-state index in [1.54, 1.807) is 0 Å². The van der Waals surface area contributed by atoms with Crippen LogP contribution in [-0.4, -0.2) is 58.9 Å². The van der Waals surface area contributed by atoms with Crippen LogP contribution in [0, 0.1) is 0 Å². The molecule has 1 amide bonds. The molecule has 5 rings (SSSR count). The van der Waals surface area contributed by atoms with Crippen LogP contribution < -0.4 is 5.56 Å². The summed E-state index contributed by atoms with van der Waals surface area (Å²) in [6.07, 6.45) is 1.53. The molecule has 1 aliphatic rings. The number of H-pyrrole nitrogens is 2. The third kappa shape index (κ3) is 5.01. The molecule has 0 aliphatic carbocycles. The fourth-order valence-electron chi connectivity index (χ4n) is 4.31. The highest BCUT2D eigenvalue weighted by Crippen LogP contribution is 2.25. The van der Waals surface area contributed by atoms with Gasteiger partial charge in [0.05, 0.1) is 11.3 Å². The van der Waals surface area contributed by atoms with Gasteiger partial charge in [0.2, 0.25) is 5.91 Å². The molecule has 0 saturated carbocycles. The lowest BCUT2D eigenvalue weighted by molar-refractivity contribution is -0.129. The highest BCUT2D eigenvalue weighted by Gasteiger charge is 2.17. The standard InChI is InChI=1S/C25H26N4O2.C2H6/c1-28-12-13-29(11-9-24(28)30)10-8-17-6-7-22-19(14-17)16-23(26-22)20-15-18-4-2-3-5-21(18)27-25(20)31;1-2/h2-7,14-16,26H,8-13H2,1H3,(H,27,31);1-2H3. The Bertz CT molecular complexity index is 1320. The first-order valence-corrected chi connectivity index (χ1v) is 11.8. The molecule has 4 aromatic rings. The number of fused-ring (bicyclic) bond motifs is 2. The van der Waals surface area contributed by atoms with Crippen LogP contribution in [0.2, 0.25) is 0 Å². The van der Waals surface area contributed by atoms with Crippen LogP contribution in [0.4, 0.5) is 0 Å². The second-order valence-electron chi connectivity index (χ2n) is 8.36. The minimum Gasteiger partial charge on any atom is -0.354 e. The number of benzene rings is 2. The Balaban J connectivity index is 0.00000126. The summed E-state index contributed by atoms with van der Waals surface area (Å²) in [5.74, 6) is 0.229. The largest absolute Gasteiger partial charge is 0.354 e. The van der Waals surface area contributed by atoms with Crippen LogP contribution >= 0.6 is 0 Å². The molecule has 2 N–H and O–H groups in total. The maximum atomic E-state index is 12.6. The fourth-order valence-corrected chi connectivity index (χ4v) is 4.31. The molecule has 2 aromatic carbocycles. The third-order valence-electron chi connectivity index (χ3n) is 6.26. The van der Waals surface area contributed by atoms with Crippen molar-refractivity contribution in [3.05, 3.63) is 70.5 Å². The van der Waals surface area contributed by atoms with Gasteiger partial charge < -0.3 is 19.8 Å². The molecule has 0 atom stereocenters. The van der Waals surface area contributed by atoms with Gasteiger partial charge in [0.25, 0.3) is 5.56 Å². The number of hydrogen-bond donors (Lipinski definition) is 2. The maximum Gasteiger partial charge on any atom is 0.257 e. The Labute approximate surface area is 194 Å². The number of nitrogens with one attached hydrogen (secondary N) is 2. The van der Waals surface area contributed by atoms with Crippen LogP contribution in [0.15, 0.2) is 59.4 Å². The lowest BCUT2D eigenvalue weighted by atomic mass is 10.1. The predicted molar refractivity (Wildman–Crippen MR) is 136 cm³/mol. The van der Waals surface area contributed by atoms with E-state index in [1.165, 1.54) is 5.56 Å². The molecule has 0 unspecified atom stereocenters. The Morgan fingerprint density at radius 2 is 1.64 bits per heavy atom. The second-order valence-corrected chi connectivity index (χ2v) is 8.36. The quantitative estimate of drug-likeness (QED) is 0.490. The van der Waals surface area contributed by atoms with Crippen molar-refractivity contribution in [3.8, 4) is 11.3 Å². The molecule has 0 radical (unpaired) electrons. The first-order chi connectivity index (χ1) is 16.1. The monoisotopic (exact) mass is 444 g/mol. The Kier molecular flexibility index (Phi) is 6.94. The van der Waals surface area contributed by atoms with Gasteiger partial charge in [-0.25, -0.2) is 0 Å². The number of nitrogens with zero attached hydrogens (tertiary/aromatic N) is 2. The SMILES string of the molecule is CC.CN1CCN(CCc2ccc3[nH]c(-c4cc5ccccc5[nH]c4=O)cc3c2)CCC1=O. The van der Waals surface area contributed by atoms with E-state index < -0.39 is 0 Å². The van der Waals surface area contributed by atoms with Crippen molar-refractivity contribution in [2.24, 2.45) is 0 Å². The Morgan fingerprint density at radius 1 is 0.848 bits per heavy atom. The molecular weight excluding hydrogens is 412 g/mol. The molecule has 1 aliphatic heterocycles. The van der Waals surface area contributed by atoms with Gasteiger partial charge in [0.15, 0.2) is 0 Å². The minimum atomic E-state index is -0.0915. The number of hydrogen-bond acceptors (Lipinski definition) is 3. The summed E-state index contributed by atoms with van der Waals surface area (Å²) in [6, 6.07) is 18.2. The molecular formula is C27H32N4O2. The summed E-state index contributed by atoms with van der Waals surface area (Å²) in [7, 11) is 1.88. The van der Waals surface area contributed by atoms with Gasteiger partial charge in [-0.1, -0.05) is 38.1 Å². The first-order valence-electron chi connectivity index (χ1n) is 11.8. The predicted octanol–water partition coefficient (Wildman–Crippen LogP) is 4.41. The van der Waals surface area contributed by atoms with Crippen molar-refractivity contribution in [3.63, 3.8) is 0 Å². The average Bonchev–Trinajstić information content (AvgIpc) is 3.19. The van der Waals surface area contributed by atoms with E-state index in [1.807, 2.05) is 56.1 Å². The van der Waals surface area contributed by atoms with Crippen LogP contribution in [0.3, 0.4) is 0 Å². The Hall–Kier alpha value is -3.38. The van der Waals surface area contributed by atoms with Crippen LogP contribution in [0.5, 0.6) is 0 Å². The normalized spacial score (nSPS) is 14.9. The van der Waals surface area contributed by atoms with Gasteiger partial charge in [-0.05, 0) is 47.7 Å². The van der Waals surface area contributed by atoms with Crippen molar-refractivity contribution in [2.45, 2.75) is 26.7 Å². The van der Waals surface area contributed by atoms with Gasteiger partial charge in [0.1, 0.15) is 0 Å². The molecule has 6 heteroatoms. The molecule has 1 fully saturated rings. The Morgan fingerprint density at radius 3 is 2.48 bits per heavy atom. The van der Waals surface area contributed by atoms with Crippen molar-refractivity contribution in [1.82, 2.24) is 19.8 Å². The van der Waals surface area contributed by atoms with Gasteiger partial charge in [-0.2, -0.15) is 0 Å². The zero-order valence-corrected chi connectivity index (χ0v) is 19.6. The van der Waals surface area contributed by atoms with Gasteiger partial charge in [-0.3, -0.25) is 9.59 Å². The smallest absolute Gasteiger partial charge is 0.257 e. The molecule has 1 saturated heterocycles. The molecule has 33 heavy (non-hydrogen) atoms. The number of aromatic nitrogens is 2. The summed E-state index contributed by atoms with van der Waals surface area (Å²) in [5.41, 5.74) is 4.51. The van der Waals surface area contributed by atoms with Crippen molar-refractivity contribution < 1.29 is 4.79 Å². The lowest BCUT2D eigenvalue weighted by Crippen LogP contribution is -2.31. The molecule has 6 nitrogen and oxygen atoms in total. The van der Waals surface area contributed by atoms with Crippen molar-refractivity contribution >= 4 is 27.7 Å². The van der Waals surface area contributed by atoms with E-state index in [0.29, 0.717) is 12.0 Å². The van der Waals surface area contributed by atoms with Crippen LogP contribution in [0.1, 0.15) is 25.8 Å². The number of pyridine rings is 1. The third-order valence-corrected chi connectivity index (χ3v) is 6.26. The van der Waals surface area contributed by atoms with E-state index in [9.17, 15) is 9.59 Å². The number of amides is 1. The van der Waals surface area contributed by atoms with Crippen LogP contribution in [0.25, 0.3) is 33.1 Å². The molecule has 0 spiro atoms. The van der Waals surface area contributed by atoms with Crippen molar-refractivity contribution in [2.75, 3.05) is 33.2 Å². The second kappa shape index (κ2) is 10.0. The summed E-state index contributed by atoms with van der Waals surface area (Å²) in [6.45, 7) is 7.47. The number of para-hydroxylation sites is 1. The van der Waals surface area contributed by atoms with E-state index in [4.69, 9.17) is 0 Å². The van der Waals surface area contributed by atoms with E-state index in [0.717, 1.165) is 60.1 Å². The molecule has 2 aromatic heterocycles. The summed E-state index contributed by atoms with van der Waals surface area (Å²) >= 11 is 0. The highest BCUT2D eigenvalue weighted by atomic mass is 16.2. The number of carbonyl (C=O) groups excluding carboxylic acids is 1. The number of rotatable bonds is 4. The molecule has 172 valence electrons. The van der Waals surface area contributed by atoms with Crippen molar-refractivity contribution in [1.29, 1.82) is 0 Å². The summed E-state index contributed by atoms with van der Waals surface area (Å²) in [4.78, 5) is 35.0. The number of carbonyl (C=O) groups is 1. The van der Waals surface area contributed by atoms with E-state index in [-0.39, 0.29) is 11.5 Å². The number of aromatic amines is 2. The zero-order valence-electron chi connectivity index (χ0n) is 19.6. The van der Waals surface area contributed by atoms with Crippen LogP contribution in [-0.2, 0) is 11.2 Å². The van der Waals surface area contributed by atoms with E-state index >= 15 is 0 Å². The average molecular weight is 445 g/mol. The summed E-state index contributed by atoms with van der Waals surface area (Å²) < 4.78 is 0. The first kappa shape index (κ1) is 22.8. The van der Waals surface area contributed by atoms with Gasteiger partial charge in [-0.15, -0.1) is 0 Å². The lowest BCUT2D eigenvalue weighted by Gasteiger charge is -2.19. The van der Waals surface area contributed by atoms with E-state index in [2.05, 4.69) is 39.1 Å². The zero-order chi connectivity index (χ0) is 23.4. The molecule has 3 heterocycles. The van der Waals surface area contributed by atoms with Gasteiger partial charge in [0, 0.05) is 56.1 Å². The molecule has 0 bridgehead atoms. The highest BCUT2D eigenvalue weighted by molar-refractivity contribution is 5.89. The topological polar surface area (TPSA) is 72.2 Å². The van der Waals surface area contributed by atoms with Gasteiger partial charge >= 0.3 is 0 Å². The fraction of sp³-hybridized carbons (Fsp3) is 0.333. The minimum absolute atomic E-state index is 0.0915. The summed E-state index contributed by atoms with van der Waals surface area (Å²) in [5, 5.41) is 2.11. The number of likely N-dealkylation sites (N-methyl/N-ethyl adjacent to an activating group) is 1.